The molecule has 0 aromatic heterocycles. The van der Waals surface area contributed by atoms with Crippen molar-refractivity contribution in [1.29, 1.82) is 0 Å². The molecule has 0 aliphatic heterocycles. The van der Waals surface area contributed by atoms with Crippen LogP contribution < -0.4 is 10.0 Å². The molecule has 1 aromatic rings. The van der Waals surface area contributed by atoms with Crippen LogP contribution in [0.1, 0.15) is 10.4 Å². The Morgan fingerprint density at radius 1 is 1.33 bits per heavy atom. The van der Waals surface area contributed by atoms with Crippen LogP contribution in [0, 0.1) is 0 Å². The molecule has 4 N–H and O–H groups in total. The summed E-state index contributed by atoms with van der Waals surface area (Å²) in [6.45, 7) is -0.100. The van der Waals surface area contributed by atoms with E-state index in [9.17, 15) is 23.4 Å². The quantitative estimate of drug-likeness (QED) is 0.534. The van der Waals surface area contributed by atoms with Crippen LogP contribution in [-0.2, 0) is 10.0 Å². The highest BCUT2D eigenvalue weighted by Crippen LogP contribution is 2.21. The Labute approximate surface area is 105 Å². The highest BCUT2D eigenvalue weighted by Gasteiger charge is 2.13. The molecular formula is C10H14N2O5S. The minimum absolute atomic E-state index is 0.100. The molecule has 0 aliphatic carbocycles. The van der Waals surface area contributed by atoms with Crippen LogP contribution in [0.3, 0.4) is 0 Å². The molecule has 7 nitrogen and oxygen atoms in total. The Kier molecular flexibility index (Phi) is 4.51. The largest absolute Gasteiger partial charge is 0.508 e. The maximum atomic E-state index is 11.6. The number of phenols is 2. The fourth-order valence-electron chi connectivity index (χ4n) is 1.20. The van der Waals surface area contributed by atoms with Gasteiger partial charge in [-0.15, -0.1) is 0 Å². The molecule has 8 heteroatoms. The van der Waals surface area contributed by atoms with Crippen molar-refractivity contribution in [2.75, 3.05) is 19.3 Å². The number of hydrogen-bond donors (Lipinski definition) is 4. The van der Waals surface area contributed by atoms with Crippen LogP contribution in [-0.4, -0.2) is 43.9 Å². The van der Waals surface area contributed by atoms with Crippen molar-refractivity contribution in [3.05, 3.63) is 23.8 Å². The number of carbonyl (C=O) groups excluding carboxylic acids is 1. The SMILES string of the molecule is CNS(=O)(=O)CCNC(=O)c1cc(O)ccc1O. The minimum Gasteiger partial charge on any atom is -0.508 e. The van der Waals surface area contributed by atoms with E-state index in [1.54, 1.807) is 0 Å². The highest BCUT2D eigenvalue weighted by atomic mass is 32.2. The predicted octanol–water partition coefficient (Wildman–Crippen LogP) is -0.623. The first-order valence-corrected chi connectivity index (χ1v) is 6.72. The molecule has 1 amide bonds. The van der Waals surface area contributed by atoms with Crippen molar-refractivity contribution in [1.82, 2.24) is 10.0 Å². The lowest BCUT2D eigenvalue weighted by molar-refractivity contribution is 0.0953. The van der Waals surface area contributed by atoms with Crippen molar-refractivity contribution >= 4 is 15.9 Å². The van der Waals surface area contributed by atoms with Crippen molar-refractivity contribution < 1.29 is 23.4 Å². The molecule has 0 atom stereocenters. The molecule has 0 bridgehead atoms. The number of benzene rings is 1. The zero-order valence-corrected chi connectivity index (χ0v) is 10.5. The van der Waals surface area contributed by atoms with Crippen molar-refractivity contribution in [3.63, 3.8) is 0 Å². The monoisotopic (exact) mass is 274 g/mol. The average molecular weight is 274 g/mol. The molecule has 0 saturated carbocycles. The van der Waals surface area contributed by atoms with E-state index < -0.39 is 15.9 Å². The summed E-state index contributed by atoms with van der Waals surface area (Å²) in [4.78, 5) is 11.6. The number of nitrogens with one attached hydrogen (secondary N) is 2. The summed E-state index contributed by atoms with van der Waals surface area (Å²) in [5, 5.41) is 20.9. The lowest BCUT2D eigenvalue weighted by Gasteiger charge is -2.07. The molecule has 0 unspecified atom stereocenters. The Hall–Kier alpha value is -1.80. The molecule has 0 saturated heterocycles. The third-order valence-electron chi connectivity index (χ3n) is 2.19. The summed E-state index contributed by atoms with van der Waals surface area (Å²) in [7, 11) is -2.12. The number of carbonyl (C=O) groups is 1. The van der Waals surface area contributed by atoms with Crippen molar-refractivity contribution in [2.45, 2.75) is 0 Å². The van der Waals surface area contributed by atoms with Crippen LogP contribution in [0.4, 0.5) is 0 Å². The van der Waals surface area contributed by atoms with Gasteiger partial charge in [0.15, 0.2) is 0 Å². The molecule has 1 rings (SSSR count). The van der Waals surface area contributed by atoms with Crippen LogP contribution in [0.2, 0.25) is 0 Å². The summed E-state index contributed by atoms with van der Waals surface area (Å²) in [5.41, 5.74) is -0.114. The van der Waals surface area contributed by atoms with Crippen LogP contribution in [0.15, 0.2) is 18.2 Å². The van der Waals surface area contributed by atoms with Gasteiger partial charge in [-0.2, -0.15) is 0 Å². The zero-order valence-electron chi connectivity index (χ0n) is 9.67. The van der Waals surface area contributed by atoms with Gasteiger partial charge in [-0.1, -0.05) is 0 Å². The third-order valence-corrected chi connectivity index (χ3v) is 3.56. The smallest absolute Gasteiger partial charge is 0.255 e. The molecule has 0 aliphatic rings. The first kappa shape index (κ1) is 14.3. The van der Waals surface area contributed by atoms with Gasteiger partial charge in [0, 0.05) is 6.54 Å². The van der Waals surface area contributed by atoms with Gasteiger partial charge in [0.2, 0.25) is 10.0 Å². The summed E-state index contributed by atoms with van der Waals surface area (Å²) >= 11 is 0. The van der Waals surface area contributed by atoms with Gasteiger partial charge in [0.05, 0.1) is 11.3 Å². The van der Waals surface area contributed by atoms with E-state index in [-0.39, 0.29) is 29.4 Å². The van der Waals surface area contributed by atoms with E-state index in [4.69, 9.17) is 0 Å². The van der Waals surface area contributed by atoms with E-state index in [1.165, 1.54) is 19.2 Å². The summed E-state index contributed by atoms with van der Waals surface area (Å²) in [6, 6.07) is 3.50. The molecule has 0 spiro atoms. The minimum atomic E-state index is -3.39. The van der Waals surface area contributed by atoms with Crippen LogP contribution >= 0.6 is 0 Å². The molecule has 100 valence electrons. The fourth-order valence-corrected chi connectivity index (χ4v) is 1.78. The Bertz CT molecular complexity index is 541. The average Bonchev–Trinajstić information content (AvgIpc) is 2.32. The lowest BCUT2D eigenvalue weighted by Crippen LogP contribution is -2.32. The fraction of sp³-hybridized carbons (Fsp3) is 0.300. The summed E-state index contributed by atoms with van der Waals surface area (Å²) in [6.07, 6.45) is 0. The van der Waals surface area contributed by atoms with Gasteiger partial charge < -0.3 is 15.5 Å². The molecular weight excluding hydrogens is 260 g/mol. The standard InChI is InChI=1S/C10H14N2O5S/c1-11-18(16,17)5-4-12-10(15)8-6-7(13)2-3-9(8)14/h2-3,6,11,13-14H,4-5H2,1H3,(H,12,15). The second kappa shape index (κ2) is 5.69. The number of amides is 1. The van der Waals surface area contributed by atoms with E-state index in [0.717, 1.165) is 6.07 Å². The van der Waals surface area contributed by atoms with Gasteiger partial charge >= 0.3 is 0 Å². The van der Waals surface area contributed by atoms with Gasteiger partial charge in [0.1, 0.15) is 11.5 Å². The Morgan fingerprint density at radius 3 is 2.61 bits per heavy atom. The lowest BCUT2D eigenvalue weighted by atomic mass is 10.2. The maximum absolute atomic E-state index is 11.6. The van der Waals surface area contributed by atoms with Gasteiger partial charge in [-0.25, -0.2) is 13.1 Å². The Morgan fingerprint density at radius 2 is 2.00 bits per heavy atom. The number of aromatic hydroxyl groups is 2. The first-order chi connectivity index (χ1) is 8.35. The van der Waals surface area contributed by atoms with Crippen LogP contribution in [0.25, 0.3) is 0 Å². The van der Waals surface area contributed by atoms with Crippen LogP contribution in [0.5, 0.6) is 11.5 Å². The number of hydrogen-bond acceptors (Lipinski definition) is 5. The number of rotatable bonds is 5. The molecule has 1 aromatic carbocycles. The molecule has 0 radical (unpaired) electrons. The third kappa shape index (κ3) is 3.90. The Balaban J connectivity index is 2.64. The summed E-state index contributed by atoms with van der Waals surface area (Å²) < 4.78 is 24.3. The normalized spacial score (nSPS) is 11.2. The zero-order chi connectivity index (χ0) is 13.8. The van der Waals surface area contributed by atoms with Gasteiger partial charge in [-0.3, -0.25) is 4.79 Å². The number of sulfonamides is 1. The van der Waals surface area contributed by atoms with Gasteiger partial charge in [0.25, 0.3) is 5.91 Å². The first-order valence-electron chi connectivity index (χ1n) is 5.07. The van der Waals surface area contributed by atoms with Crippen molar-refractivity contribution in [3.8, 4) is 11.5 Å². The topological polar surface area (TPSA) is 116 Å². The second-order valence-corrected chi connectivity index (χ2v) is 5.53. The van der Waals surface area contributed by atoms with E-state index in [1.807, 2.05) is 0 Å². The summed E-state index contributed by atoms with van der Waals surface area (Å²) in [5.74, 6) is -1.38. The van der Waals surface area contributed by atoms with E-state index >= 15 is 0 Å². The van der Waals surface area contributed by atoms with Gasteiger partial charge in [-0.05, 0) is 25.2 Å². The van der Waals surface area contributed by atoms with E-state index in [2.05, 4.69) is 10.0 Å². The molecule has 0 fully saturated rings. The van der Waals surface area contributed by atoms with E-state index in [0.29, 0.717) is 0 Å². The molecule has 0 heterocycles. The van der Waals surface area contributed by atoms with Crippen molar-refractivity contribution in [2.24, 2.45) is 0 Å². The molecule has 18 heavy (non-hydrogen) atoms. The second-order valence-electron chi connectivity index (χ2n) is 3.48. The predicted molar refractivity (Wildman–Crippen MR) is 65.0 cm³/mol. The maximum Gasteiger partial charge on any atom is 0.255 e. The highest BCUT2D eigenvalue weighted by molar-refractivity contribution is 7.89. The number of phenolic OH excluding ortho intramolecular Hbond substituents is 2.